The van der Waals surface area contributed by atoms with Gasteiger partial charge in [0.1, 0.15) is 23.3 Å². The number of benzene rings is 1. The van der Waals surface area contributed by atoms with Crippen molar-refractivity contribution in [2.24, 2.45) is 23.7 Å². The average molecular weight is 404 g/mol. The SMILES string of the molecule is N#Cc1c(F)cc(CC[C@H]2CC[C@H]([C@H]3CC[C@H](C=CCCF)CC3)CC2)cc1F. The number of nitriles is 1. The molecule has 0 aromatic heterocycles. The van der Waals surface area contributed by atoms with Crippen molar-refractivity contribution in [3.8, 4) is 6.07 Å². The third kappa shape index (κ3) is 6.11. The Morgan fingerprint density at radius 1 is 0.931 bits per heavy atom. The second kappa shape index (κ2) is 10.9. The summed E-state index contributed by atoms with van der Waals surface area (Å²) in [5.41, 5.74) is 0.169. The number of hydrogen-bond donors (Lipinski definition) is 0. The number of alkyl halides is 1. The summed E-state index contributed by atoms with van der Waals surface area (Å²) in [6, 6.07) is 4.21. The first-order chi connectivity index (χ1) is 14.1. The summed E-state index contributed by atoms with van der Waals surface area (Å²) < 4.78 is 39.7. The Morgan fingerprint density at radius 2 is 1.52 bits per heavy atom. The maximum atomic E-state index is 13.8. The first-order valence-corrected chi connectivity index (χ1v) is 11.2. The highest BCUT2D eigenvalue weighted by Gasteiger charge is 2.30. The van der Waals surface area contributed by atoms with Crippen molar-refractivity contribution in [3.63, 3.8) is 0 Å². The molecule has 158 valence electrons. The molecule has 1 nitrogen and oxygen atoms in total. The maximum Gasteiger partial charge on any atom is 0.144 e. The van der Waals surface area contributed by atoms with Crippen LogP contribution in [0.1, 0.15) is 75.3 Å². The third-order valence-corrected chi connectivity index (χ3v) is 7.11. The van der Waals surface area contributed by atoms with Gasteiger partial charge in [0.25, 0.3) is 0 Å². The van der Waals surface area contributed by atoms with Crippen LogP contribution in [-0.2, 0) is 6.42 Å². The van der Waals surface area contributed by atoms with Crippen molar-refractivity contribution in [3.05, 3.63) is 47.0 Å². The van der Waals surface area contributed by atoms with E-state index in [1.807, 2.05) is 6.08 Å². The zero-order valence-electron chi connectivity index (χ0n) is 17.2. The molecule has 2 saturated carbocycles. The van der Waals surface area contributed by atoms with E-state index in [-0.39, 0.29) is 6.67 Å². The van der Waals surface area contributed by atoms with Crippen molar-refractivity contribution in [2.45, 2.75) is 70.6 Å². The van der Waals surface area contributed by atoms with Gasteiger partial charge in [-0.2, -0.15) is 5.26 Å². The average Bonchev–Trinajstić information content (AvgIpc) is 2.73. The van der Waals surface area contributed by atoms with Gasteiger partial charge in [-0.3, -0.25) is 4.39 Å². The van der Waals surface area contributed by atoms with E-state index in [9.17, 15) is 13.2 Å². The van der Waals surface area contributed by atoms with Crippen molar-refractivity contribution in [2.75, 3.05) is 6.67 Å². The zero-order valence-corrected chi connectivity index (χ0v) is 17.2. The van der Waals surface area contributed by atoms with Crippen molar-refractivity contribution >= 4 is 0 Å². The fourth-order valence-corrected chi connectivity index (χ4v) is 5.36. The second-order valence-corrected chi connectivity index (χ2v) is 8.95. The quantitative estimate of drug-likeness (QED) is 0.438. The second-order valence-electron chi connectivity index (χ2n) is 8.95. The minimum absolute atomic E-state index is 0.260. The van der Waals surface area contributed by atoms with Crippen LogP contribution in [0.5, 0.6) is 0 Å². The van der Waals surface area contributed by atoms with Crippen LogP contribution in [0.3, 0.4) is 0 Å². The Kier molecular flexibility index (Phi) is 8.21. The van der Waals surface area contributed by atoms with Gasteiger partial charge in [-0.25, -0.2) is 8.78 Å². The first-order valence-electron chi connectivity index (χ1n) is 11.2. The number of allylic oxidation sites excluding steroid dienone is 2. The summed E-state index contributed by atoms with van der Waals surface area (Å²) in [5.74, 6) is 1.44. The van der Waals surface area contributed by atoms with Gasteiger partial charge in [0, 0.05) is 0 Å². The molecular formula is C25H32F3N. The molecule has 1 aromatic carbocycles. The Morgan fingerprint density at radius 3 is 2.07 bits per heavy atom. The summed E-state index contributed by atoms with van der Waals surface area (Å²) in [4.78, 5) is 0. The van der Waals surface area contributed by atoms with Crippen LogP contribution in [0.15, 0.2) is 24.3 Å². The van der Waals surface area contributed by atoms with Gasteiger partial charge in [0.2, 0.25) is 0 Å². The van der Waals surface area contributed by atoms with Gasteiger partial charge in [-0.15, -0.1) is 0 Å². The number of aryl methyl sites for hydroxylation is 1. The van der Waals surface area contributed by atoms with E-state index in [0.717, 1.165) is 18.3 Å². The van der Waals surface area contributed by atoms with Gasteiger partial charge < -0.3 is 0 Å². The summed E-state index contributed by atoms with van der Waals surface area (Å²) in [6.45, 7) is -0.260. The van der Waals surface area contributed by atoms with Crippen molar-refractivity contribution < 1.29 is 13.2 Å². The molecule has 0 heterocycles. The molecule has 0 atom stereocenters. The van der Waals surface area contributed by atoms with Gasteiger partial charge in [0.15, 0.2) is 0 Å². The highest BCUT2D eigenvalue weighted by atomic mass is 19.1. The van der Waals surface area contributed by atoms with Crippen LogP contribution in [0.25, 0.3) is 0 Å². The molecule has 0 radical (unpaired) electrons. The molecule has 4 heteroatoms. The van der Waals surface area contributed by atoms with E-state index in [4.69, 9.17) is 5.26 Å². The molecule has 0 bridgehead atoms. The van der Waals surface area contributed by atoms with E-state index < -0.39 is 17.2 Å². The monoisotopic (exact) mass is 403 g/mol. The van der Waals surface area contributed by atoms with Crippen molar-refractivity contribution in [1.29, 1.82) is 5.26 Å². The number of hydrogen-bond acceptors (Lipinski definition) is 1. The van der Waals surface area contributed by atoms with E-state index in [1.165, 1.54) is 63.5 Å². The minimum atomic E-state index is -0.749. The summed E-state index contributed by atoms with van der Waals surface area (Å²) in [7, 11) is 0. The van der Waals surface area contributed by atoms with Crippen LogP contribution >= 0.6 is 0 Å². The Labute approximate surface area is 173 Å². The lowest BCUT2D eigenvalue weighted by atomic mass is 9.68. The molecule has 3 rings (SSSR count). The smallest absolute Gasteiger partial charge is 0.144 e. The van der Waals surface area contributed by atoms with Crippen LogP contribution in [0.4, 0.5) is 13.2 Å². The van der Waals surface area contributed by atoms with Crippen LogP contribution in [0.2, 0.25) is 0 Å². The normalized spacial score (nSPS) is 27.8. The lowest BCUT2D eigenvalue weighted by Crippen LogP contribution is -2.25. The van der Waals surface area contributed by atoms with Crippen LogP contribution in [-0.4, -0.2) is 6.67 Å². The van der Waals surface area contributed by atoms with Crippen LogP contribution < -0.4 is 0 Å². The molecular weight excluding hydrogens is 371 g/mol. The van der Waals surface area contributed by atoms with E-state index in [1.54, 1.807) is 6.07 Å². The molecule has 2 fully saturated rings. The molecule has 0 aliphatic heterocycles. The van der Waals surface area contributed by atoms with E-state index in [2.05, 4.69) is 6.08 Å². The standard InChI is InChI=1S/C25H32F3N/c26-14-2-1-3-18-6-10-21(11-7-18)22-12-8-19(9-13-22)4-5-20-15-24(27)23(17-29)25(28)16-20/h1,3,15-16,18-19,21-22H,2,4-14H2/t18-,19-,21-,22-. The Bertz CT molecular complexity index is 697. The van der Waals surface area contributed by atoms with Gasteiger partial charge >= 0.3 is 0 Å². The lowest BCUT2D eigenvalue weighted by molar-refractivity contribution is 0.152. The number of nitrogens with zero attached hydrogens (tertiary/aromatic N) is 1. The first kappa shape index (κ1) is 21.9. The maximum absolute atomic E-state index is 13.8. The number of rotatable bonds is 7. The predicted molar refractivity (Wildman–Crippen MR) is 110 cm³/mol. The molecule has 2 aliphatic carbocycles. The predicted octanol–water partition coefficient (Wildman–Crippen LogP) is 7.30. The molecule has 0 N–H and O–H groups in total. The third-order valence-electron chi connectivity index (χ3n) is 7.11. The molecule has 1 aromatic rings. The van der Waals surface area contributed by atoms with E-state index >= 15 is 0 Å². The minimum Gasteiger partial charge on any atom is -0.251 e. The summed E-state index contributed by atoms with van der Waals surface area (Å²) in [6.07, 6.45) is 16.4. The molecule has 0 amide bonds. The molecule has 0 spiro atoms. The van der Waals surface area contributed by atoms with Gasteiger partial charge in [-0.05, 0) is 99.2 Å². The fourth-order valence-electron chi connectivity index (χ4n) is 5.36. The van der Waals surface area contributed by atoms with E-state index in [0.29, 0.717) is 30.2 Å². The number of halogens is 3. The molecule has 29 heavy (non-hydrogen) atoms. The van der Waals surface area contributed by atoms with Crippen LogP contribution in [0, 0.1) is 46.6 Å². The molecule has 0 saturated heterocycles. The zero-order chi connectivity index (χ0) is 20.6. The van der Waals surface area contributed by atoms with Gasteiger partial charge in [0.05, 0.1) is 6.67 Å². The lowest BCUT2D eigenvalue weighted by Gasteiger charge is -2.37. The topological polar surface area (TPSA) is 23.8 Å². The fraction of sp³-hybridized carbons (Fsp3) is 0.640. The summed E-state index contributed by atoms with van der Waals surface area (Å²) in [5, 5.41) is 8.77. The van der Waals surface area contributed by atoms with Gasteiger partial charge in [-0.1, -0.05) is 25.0 Å². The molecule has 2 aliphatic rings. The Balaban J connectivity index is 1.40. The highest BCUT2D eigenvalue weighted by molar-refractivity contribution is 5.35. The largest absolute Gasteiger partial charge is 0.251 e. The summed E-state index contributed by atoms with van der Waals surface area (Å²) >= 11 is 0. The van der Waals surface area contributed by atoms with Crippen molar-refractivity contribution in [1.82, 2.24) is 0 Å². The Hall–Kier alpha value is -1.76. The molecule has 0 unspecified atom stereocenters. The highest BCUT2D eigenvalue weighted by Crippen LogP contribution is 2.42.